The molecule has 0 rings (SSSR count). The van der Waals surface area contributed by atoms with E-state index in [2.05, 4.69) is 19.6 Å². The Morgan fingerprint density at radius 1 is 1.71 bits per heavy atom. The van der Waals surface area contributed by atoms with E-state index in [0.717, 1.165) is 23.5 Å². The molecule has 0 aliphatic rings. The van der Waals surface area contributed by atoms with Crippen molar-refractivity contribution in [2.75, 3.05) is 5.75 Å². The van der Waals surface area contributed by atoms with Crippen molar-refractivity contribution >= 4 is 29.7 Å². The molecule has 7 heavy (non-hydrogen) atoms. The van der Waals surface area contributed by atoms with Crippen LogP contribution in [0.2, 0.25) is 0 Å². The van der Waals surface area contributed by atoms with Gasteiger partial charge in [-0.15, -0.1) is 0 Å². The summed E-state index contributed by atoms with van der Waals surface area (Å²) >= 11 is 8.93. The van der Waals surface area contributed by atoms with Crippen LogP contribution in [0.1, 0.15) is 19.8 Å². The van der Waals surface area contributed by atoms with Gasteiger partial charge in [-0.2, -0.15) is 12.6 Å². The molecular weight excluding hydrogens is 124 g/mol. The monoisotopic (exact) mass is 134 g/mol. The number of thiocarbonyl (C=S) groups is 1. The summed E-state index contributed by atoms with van der Waals surface area (Å²) in [6, 6.07) is 0. The molecule has 0 bridgehead atoms. The van der Waals surface area contributed by atoms with Gasteiger partial charge >= 0.3 is 0 Å². The Bertz CT molecular complexity index is 59.1. The van der Waals surface area contributed by atoms with Gasteiger partial charge in [-0.3, -0.25) is 0 Å². The molecule has 0 unspecified atom stereocenters. The van der Waals surface area contributed by atoms with Crippen LogP contribution in [0.3, 0.4) is 0 Å². The summed E-state index contributed by atoms with van der Waals surface area (Å²) in [5.41, 5.74) is 0. The van der Waals surface area contributed by atoms with Crippen molar-refractivity contribution in [3.05, 3.63) is 0 Å². The van der Waals surface area contributed by atoms with Gasteiger partial charge in [0.25, 0.3) is 0 Å². The summed E-state index contributed by atoms with van der Waals surface area (Å²) in [5.74, 6) is 0.896. The minimum absolute atomic E-state index is 0.896. The van der Waals surface area contributed by atoms with Gasteiger partial charge in [-0.25, -0.2) is 0 Å². The van der Waals surface area contributed by atoms with Crippen LogP contribution in [0.4, 0.5) is 0 Å². The highest BCUT2D eigenvalue weighted by Gasteiger charge is 1.86. The third kappa shape index (κ3) is 4.29. The van der Waals surface area contributed by atoms with Gasteiger partial charge in [-0.1, -0.05) is 19.1 Å². The fourth-order valence-electron chi connectivity index (χ4n) is 0.301. The van der Waals surface area contributed by atoms with E-state index in [1.165, 1.54) is 0 Å². The molecule has 0 N–H and O–H groups in total. The minimum Gasteiger partial charge on any atom is -0.179 e. The fraction of sp³-hybridized carbons (Fsp3) is 0.800. The number of rotatable bonds is 3. The van der Waals surface area contributed by atoms with E-state index in [1.54, 1.807) is 0 Å². The van der Waals surface area contributed by atoms with Gasteiger partial charge in [0.1, 0.15) is 0 Å². The molecule has 0 saturated heterocycles. The maximum atomic E-state index is 4.91. The number of hydrogen-bond acceptors (Lipinski definition) is 2. The second-order valence-electron chi connectivity index (χ2n) is 1.37. The van der Waals surface area contributed by atoms with Crippen LogP contribution >= 0.6 is 24.8 Å². The molecular formula is C5H10S2. The number of hydrogen-bond donors (Lipinski definition) is 1. The Balaban J connectivity index is 3.00. The smallest absolute Gasteiger partial charge is 0.00524 e. The summed E-state index contributed by atoms with van der Waals surface area (Å²) in [5, 5.41) is 0. The zero-order valence-electron chi connectivity index (χ0n) is 4.48. The maximum Gasteiger partial charge on any atom is -0.00524 e. The lowest BCUT2D eigenvalue weighted by Crippen LogP contribution is -1.90. The zero-order chi connectivity index (χ0) is 5.70. The molecule has 0 radical (unpaired) electrons. The Morgan fingerprint density at radius 2 is 2.29 bits per heavy atom. The van der Waals surface area contributed by atoms with Crippen LogP contribution in [0.15, 0.2) is 0 Å². The van der Waals surface area contributed by atoms with Crippen molar-refractivity contribution < 1.29 is 0 Å². The van der Waals surface area contributed by atoms with E-state index in [4.69, 9.17) is 12.2 Å². The maximum absolute atomic E-state index is 4.91. The molecule has 0 heterocycles. The van der Waals surface area contributed by atoms with Crippen molar-refractivity contribution in [1.82, 2.24) is 0 Å². The van der Waals surface area contributed by atoms with E-state index >= 15 is 0 Å². The highest BCUT2D eigenvalue weighted by atomic mass is 32.1. The molecule has 0 aliphatic heterocycles. The molecule has 42 valence electrons. The highest BCUT2D eigenvalue weighted by Crippen LogP contribution is 1.92. The lowest BCUT2D eigenvalue weighted by atomic mass is 10.3. The standard InChI is InChI=1S/C5H10S2/c1-2-5(7)3-4-6/h6H,2-4H2,1H3. The normalized spacial score (nSPS) is 8.86. The van der Waals surface area contributed by atoms with Crippen molar-refractivity contribution in [2.24, 2.45) is 0 Å². The molecule has 0 nitrogen and oxygen atoms in total. The first kappa shape index (κ1) is 7.44. The van der Waals surface area contributed by atoms with Gasteiger partial charge in [0.15, 0.2) is 0 Å². The Kier molecular flexibility index (Phi) is 4.88. The second kappa shape index (κ2) is 4.60. The fourth-order valence-corrected chi connectivity index (χ4v) is 0.825. The average molecular weight is 134 g/mol. The van der Waals surface area contributed by atoms with Crippen molar-refractivity contribution in [1.29, 1.82) is 0 Å². The van der Waals surface area contributed by atoms with E-state index in [-0.39, 0.29) is 0 Å². The lowest BCUT2D eigenvalue weighted by molar-refractivity contribution is 1.21. The number of thiol groups is 1. The molecule has 0 aromatic carbocycles. The van der Waals surface area contributed by atoms with Gasteiger partial charge in [0.05, 0.1) is 0 Å². The molecule has 0 spiro atoms. The third-order valence-electron chi connectivity index (χ3n) is 0.785. The van der Waals surface area contributed by atoms with Crippen LogP contribution < -0.4 is 0 Å². The van der Waals surface area contributed by atoms with Crippen molar-refractivity contribution in [3.63, 3.8) is 0 Å². The van der Waals surface area contributed by atoms with Crippen LogP contribution in [-0.2, 0) is 0 Å². The van der Waals surface area contributed by atoms with Crippen LogP contribution in [0, 0.1) is 0 Å². The Morgan fingerprint density at radius 3 is 2.43 bits per heavy atom. The summed E-state index contributed by atoms with van der Waals surface area (Å²) < 4.78 is 0. The zero-order valence-corrected chi connectivity index (χ0v) is 6.19. The predicted molar refractivity (Wildman–Crippen MR) is 41.4 cm³/mol. The first-order chi connectivity index (χ1) is 3.31. The molecule has 0 aliphatic carbocycles. The van der Waals surface area contributed by atoms with Crippen LogP contribution in [0.25, 0.3) is 0 Å². The SMILES string of the molecule is CCC(=S)CCS. The van der Waals surface area contributed by atoms with Crippen LogP contribution in [0.5, 0.6) is 0 Å². The molecule has 0 aromatic heterocycles. The van der Waals surface area contributed by atoms with E-state index in [0.29, 0.717) is 0 Å². The third-order valence-corrected chi connectivity index (χ3v) is 1.50. The molecule has 0 saturated carbocycles. The average Bonchev–Trinajstić information content (AvgIpc) is 1.68. The largest absolute Gasteiger partial charge is 0.179 e. The second-order valence-corrected chi connectivity index (χ2v) is 2.39. The summed E-state index contributed by atoms with van der Waals surface area (Å²) in [4.78, 5) is 1.13. The topological polar surface area (TPSA) is 0 Å². The predicted octanol–water partition coefficient (Wildman–Crippen LogP) is 2.09. The molecule has 0 amide bonds. The first-order valence-electron chi connectivity index (χ1n) is 2.43. The van der Waals surface area contributed by atoms with Gasteiger partial charge in [-0.05, 0) is 23.5 Å². The first-order valence-corrected chi connectivity index (χ1v) is 3.48. The quantitative estimate of drug-likeness (QED) is 0.455. The van der Waals surface area contributed by atoms with Crippen LogP contribution in [-0.4, -0.2) is 10.6 Å². The Labute approximate surface area is 55.7 Å². The molecule has 2 heteroatoms. The van der Waals surface area contributed by atoms with Gasteiger partial charge in [0.2, 0.25) is 0 Å². The lowest BCUT2D eigenvalue weighted by Gasteiger charge is -1.91. The molecule has 0 aromatic rings. The van der Waals surface area contributed by atoms with Gasteiger partial charge in [0, 0.05) is 0 Å². The minimum atomic E-state index is 0.896. The van der Waals surface area contributed by atoms with Gasteiger partial charge < -0.3 is 0 Å². The molecule has 0 atom stereocenters. The van der Waals surface area contributed by atoms with E-state index < -0.39 is 0 Å². The summed E-state index contributed by atoms with van der Waals surface area (Å²) in [7, 11) is 0. The highest BCUT2D eigenvalue weighted by molar-refractivity contribution is 7.81. The van der Waals surface area contributed by atoms with Crippen molar-refractivity contribution in [3.8, 4) is 0 Å². The molecule has 0 fully saturated rings. The summed E-state index contributed by atoms with van der Waals surface area (Å²) in [6.07, 6.45) is 2.02. The van der Waals surface area contributed by atoms with E-state index in [9.17, 15) is 0 Å². The van der Waals surface area contributed by atoms with Crippen molar-refractivity contribution in [2.45, 2.75) is 19.8 Å². The van der Waals surface area contributed by atoms with E-state index in [1.807, 2.05) is 0 Å². The summed E-state index contributed by atoms with van der Waals surface area (Å²) in [6.45, 7) is 2.08. The Hall–Kier alpha value is 0.440.